The second kappa shape index (κ2) is 9.01. The molecule has 3 atom stereocenters. The summed E-state index contributed by atoms with van der Waals surface area (Å²) in [6.07, 6.45) is -4.18. The highest BCUT2D eigenvalue weighted by Gasteiger charge is 2.49. The van der Waals surface area contributed by atoms with E-state index in [1.54, 1.807) is 41.5 Å². The van der Waals surface area contributed by atoms with Gasteiger partial charge in [-0.3, -0.25) is 4.79 Å². The van der Waals surface area contributed by atoms with E-state index in [0.29, 0.717) is 6.42 Å². The molecular weight excluding hydrogens is 331 g/mol. The third kappa shape index (κ3) is 8.15. The van der Waals surface area contributed by atoms with E-state index in [2.05, 4.69) is 4.72 Å². The van der Waals surface area contributed by atoms with E-state index < -0.39 is 39.8 Å². The molecule has 0 spiro atoms. The Bertz CT molecular complexity index is 406. The van der Waals surface area contributed by atoms with Gasteiger partial charge in [0.1, 0.15) is 6.04 Å². The maximum atomic E-state index is 13.4. The Morgan fingerprint density at radius 3 is 2.09 bits per heavy atom. The second-order valence-electron chi connectivity index (χ2n) is 6.92. The van der Waals surface area contributed by atoms with Crippen LogP contribution in [0.2, 0.25) is 0 Å². The van der Waals surface area contributed by atoms with E-state index in [-0.39, 0.29) is 18.9 Å². The van der Waals surface area contributed by atoms with Crippen LogP contribution in [0.4, 0.5) is 13.2 Å². The first-order chi connectivity index (χ1) is 10.3. The number of esters is 1. The molecule has 138 valence electrons. The molecule has 0 bridgehead atoms. The van der Waals surface area contributed by atoms with Crippen molar-refractivity contribution in [1.82, 2.24) is 4.72 Å². The number of hydrogen-bond acceptors (Lipinski definition) is 3. The summed E-state index contributed by atoms with van der Waals surface area (Å²) < 4.78 is 58.6. The average Bonchev–Trinajstić information content (AvgIpc) is 2.36. The second-order valence-corrected chi connectivity index (χ2v) is 8.92. The Kier molecular flexibility index (Phi) is 8.76. The Morgan fingerprint density at radius 2 is 1.74 bits per heavy atom. The summed E-state index contributed by atoms with van der Waals surface area (Å²) in [5.74, 6) is -2.46. The van der Waals surface area contributed by atoms with E-state index in [4.69, 9.17) is 4.74 Å². The number of alkyl halides is 3. The Morgan fingerprint density at radius 1 is 1.22 bits per heavy atom. The molecule has 23 heavy (non-hydrogen) atoms. The van der Waals surface area contributed by atoms with Crippen molar-refractivity contribution in [3.8, 4) is 0 Å². The number of carbonyl (C=O) groups is 1. The van der Waals surface area contributed by atoms with Crippen molar-refractivity contribution in [2.45, 2.75) is 71.3 Å². The molecule has 0 aliphatic heterocycles. The van der Waals surface area contributed by atoms with E-state index in [0.717, 1.165) is 0 Å². The number of rotatable bonds is 8. The molecule has 0 heterocycles. The van der Waals surface area contributed by atoms with Crippen LogP contribution < -0.4 is 4.72 Å². The zero-order chi connectivity index (χ0) is 18.4. The van der Waals surface area contributed by atoms with Crippen LogP contribution in [0.1, 0.15) is 54.4 Å². The standard InChI is InChI=1S/C15H28F3NO3S/c1-7-8-22-13(20)11(9-10(2)3)12(15(16,17)18)19-23(21)14(4,5)6/h10-12,19H,7-9H2,1-6H3/t11-,12-,23-/m0/s1. The minimum absolute atomic E-state index is 0.00106. The normalized spacial score (nSPS) is 17.0. The minimum Gasteiger partial charge on any atom is -0.465 e. The molecule has 4 nitrogen and oxygen atoms in total. The van der Waals surface area contributed by atoms with Crippen molar-refractivity contribution in [3.63, 3.8) is 0 Å². The number of carbonyl (C=O) groups excluding carboxylic acids is 1. The lowest BCUT2D eigenvalue weighted by molar-refractivity contribution is -0.180. The summed E-state index contributed by atoms with van der Waals surface area (Å²) in [4.78, 5) is 12.1. The molecule has 0 rings (SSSR count). The van der Waals surface area contributed by atoms with Gasteiger partial charge in [-0.05, 0) is 39.5 Å². The highest BCUT2D eigenvalue weighted by atomic mass is 32.2. The van der Waals surface area contributed by atoms with E-state index in [1.807, 2.05) is 0 Å². The van der Waals surface area contributed by atoms with Crippen LogP contribution in [0.5, 0.6) is 0 Å². The summed E-state index contributed by atoms with van der Waals surface area (Å²) in [7, 11) is -1.95. The average molecular weight is 359 g/mol. The molecule has 0 aliphatic rings. The smallest absolute Gasteiger partial charge is 0.405 e. The van der Waals surface area contributed by atoms with Crippen molar-refractivity contribution in [2.24, 2.45) is 11.8 Å². The summed E-state index contributed by atoms with van der Waals surface area (Å²) in [6, 6.07) is -2.20. The zero-order valence-electron chi connectivity index (χ0n) is 14.6. The highest BCUT2D eigenvalue weighted by Crippen LogP contribution is 2.31. The number of nitrogens with one attached hydrogen (secondary N) is 1. The van der Waals surface area contributed by atoms with Crippen molar-refractivity contribution >= 4 is 17.0 Å². The predicted octanol–water partition coefficient (Wildman–Crippen LogP) is 3.58. The highest BCUT2D eigenvalue weighted by molar-refractivity contribution is 7.84. The number of hydrogen-bond donors (Lipinski definition) is 1. The van der Waals surface area contributed by atoms with E-state index in [1.165, 1.54) is 0 Å². The lowest BCUT2D eigenvalue weighted by Crippen LogP contribution is -2.54. The predicted molar refractivity (Wildman–Crippen MR) is 85.1 cm³/mol. The van der Waals surface area contributed by atoms with Gasteiger partial charge in [0.25, 0.3) is 0 Å². The molecular formula is C15H28F3NO3S. The fourth-order valence-electron chi connectivity index (χ4n) is 1.86. The van der Waals surface area contributed by atoms with Crippen molar-refractivity contribution in [3.05, 3.63) is 0 Å². The van der Waals surface area contributed by atoms with Gasteiger partial charge in [-0.25, -0.2) is 8.93 Å². The van der Waals surface area contributed by atoms with Crippen molar-refractivity contribution in [2.75, 3.05) is 6.61 Å². The van der Waals surface area contributed by atoms with Gasteiger partial charge >= 0.3 is 12.1 Å². The van der Waals surface area contributed by atoms with Crippen molar-refractivity contribution in [1.29, 1.82) is 0 Å². The van der Waals surface area contributed by atoms with Gasteiger partial charge in [-0.1, -0.05) is 20.8 Å². The first kappa shape index (κ1) is 22.4. The minimum atomic E-state index is -4.70. The molecule has 0 amide bonds. The first-order valence-electron chi connectivity index (χ1n) is 7.72. The largest absolute Gasteiger partial charge is 0.465 e. The van der Waals surface area contributed by atoms with Crippen LogP contribution >= 0.6 is 0 Å². The fraction of sp³-hybridized carbons (Fsp3) is 0.933. The van der Waals surface area contributed by atoms with Gasteiger partial charge in [0.2, 0.25) is 0 Å². The SMILES string of the molecule is CCCOC(=O)[C@@H](CC(C)C)[C@H](N[S@@](=O)C(C)(C)C)C(F)(F)F. The van der Waals surface area contributed by atoms with Crippen LogP contribution in [0.3, 0.4) is 0 Å². The molecule has 0 aromatic heterocycles. The molecule has 0 saturated heterocycles. The van der Waals surface area contributed by atoms with E-state index in [9.17, 15) is 22.2 Å². The van der Waals surface area contributed by atoms with Crippen LogP contribution in [0.15, 0.2) is 0 Å². The zero-order valence-corrected chi connectivity index (χ0v) is 15.4. The van der Waals surface area contributed by atoms with Crippen LogP contribution in [0.25, 0.3) is 0 Å². The summed E-state index contributed by atoms with van der Waals surface area (Å²) in [5.41, 5.74) is 0. The Balaban J connectivity index is 5.47. The van der Waals surface area contributed by atoms with Gasteiger partial charge in [0.15, 0.2) is 0 Å². The third-order valence-corrected chi connectivity index (χ3v) is 4.60. The Hall–Kier alpha value is -0.630. The van der Waals surface area contributed by atoms with Gasteiger partial charge in [0.05, 0.1) is 28.3 Å². The lowest BCUT2D eigenvalue weighted by atomic mass is 9.90. The van der Waals surface area contributed by atoms with E-state index >= 15 is 0 Å². The summed E-state index contributed by atoms with van der Waals surface area (Å²) in [6.45, 7) is 9.99. The number of ether oxygens (including phenoxy) is 1. The van der Waals surface area contributed by atoms with Gasteiger partial charge in [-0.15, -0.1) is 0 Å². The van der Waals surface area contributed by atoms with Crippen molar-refractivity contribution < 1.29 is 26.9 Å². The van der Waals surface area contributed by atoms with Gasteiger partial charge < -0.3 is 4.74 Å². The monoisotopic (exact) mass is 359 g/mol. The molecule has 1 N–H and O–H groups in total. The maximum absolute atomic E-state index is 13.4. The molecule has 0 fully saturated rings. The molecule has 0 aromatic rings. The first-order valence-corrected chi connectivity index (χ1v) is 8.87. The molecule has 8 heteroatoms. The maximum Gasteiger partial charge on any atom is 0.405 e. The quantitative estimate of drug-likeness (QED) is 0.674. The topological polar surface area (TPSA) is 55.4 Å². The lowest BCUT2D eigenvalue weighted by Gasteiger charge is -2.31. The Labute approximate surface area is 139 Å². The van der Waals surface area contributed by atoms with Gasteiger partial charge in [0, 0.05) is 0 Å². The van der Waals surface area contributed by atoms with Crippen LogP contribution in [0, 0.1) is 11.8 Å². The molecule has 0 saturated carbocycles. The summed E-state index contributed by atoms with van der Waals surface area (Å²) in [5, 5.41) is 0. The molecule has 0 radical (unpaired) electrons. The van der Waals surface area contributed by atoms with Crippen LogP contribution in [-0.4, -0.2) is 33.8 Å². The number of halogens is 3. The fourth-order valence-corrected chi connectivity index (χ4v) is 2.74. The van der Waals surface area contributed by atoms with Gasteiger partial charge in [-0.2, -0.15) is 13.2 Å². The molecule has 0 unspecified atom stereocenters. The van der Waals surface area contributed by atoms with Crippen LogP contribution in [-0.2, 0) is 20.5 Å². The molecule has 0 aromatic carbocycles. The summed E-state index contributed by atoms with van der Waals surface area (Å²) >= 11 is 0. The molecule has 0 aliphatic carbocycles. The third-order valence-electron chi connectivity index (χ3n) is 3.02.